The second kappa shape index (κ2) is 9.08. The van der Waals surface area contributed by atoms with Crippen molar-refractivity contribution in [3.8, 4) is 5.75 Å². The van der Waals surface area contributed by atoms with Gasteiger partial charge in [-0.2, -0.15) is 0 Å². The predicted molar refractivity (Wildman–Crippen MR) is 92.2 cm³/mol. The monoisotopic (exact) mass is 348 g/mol. The van der Waals surface area contributed by atoms with Gasteiger partial charge in [-0.1, -0.05) is 18.2 Å². The second-order valence-corrected chi connectivity index (χ2v) is 5.37. The van der Waals surface area contributed by atoms with Crippen molar-refractivity contribution >= 4 is 12.0 Å². The van der Waals surface area contributed by atoms with Crippen LogP contribution in [0, 0.1) is 0 Å². The average molecular weight is 348 g/mol. The van der Waals surface area contributed by atoms with Crippen molar-refractivity contribution in [3.05, 3.63) is 41.1 Å². The fourth-order valence-electron chi connectivity index (χ4n) is 2.62. The van der Waals surface area contributed by atoms with Gasteiger partial charge in [0.2, 0.25) is 0 Å². The van der Waals surface area contributed by atoms with Crippen LogP contribution >= 0.6 is 0 Å². The molecule has 1 aliphatic heterocycles. The maximum Gasteiger partial charge on any atom is 0.338 e. The Hall–Kier alpha value is -2.54. The molecule has 0 bridgehead atoms. The molecule has 0 saturated heterocycles. The number of rotatable bonds is 8. The van der Waals surface area contributed by atoms with E-state index in [1.165, 1.54) is 0 Å². The minimum Gasteiger partial charge on any atom is -0.494 e. The van der Waals surface area contributed by atoms with Crippen LogP contribution in [0.5, 0.6) is 5.75 Å². The number of carbonyl (C=O) groups is 2. The highest BCUT2D eigenvalue weighted by Gasteiger charge is 2.33. The molecule has 0 unspecified atom stereocenters. The van der Waals surface area contributed by atoms with E-state index in [-0.39, 0.29) is 12.6 Å². The molecule has 0 aliphatic carbocycles. The Kier molecular flexibility index (Phi) is 6.82. The van der Waals surface area contributed by atoms with Crippen LogP contribution in [-0.4, -0.2) is 38.4 Å². The van der Waals surface area contributed by atoms with Gasteiger partial charge in [0.25, 0.3) is 0 Å². The van der Waals surface area contributed by atoms with E-state index in [0.717, 1.165) is 0 Å². The molecular formula is C18H24N2O5. The Labute approximate surface area is 147 Å². The Morgan fingerprint density at radius 1 is 1.16 bits per heavy atom. The normalized spacial score (nSPS) is 16.9. The molecule has 1 aliphatic rings. The van der Waals surface area contributed by atoms with Gasteiger partial charge in [-0.3, -0.25) is 0 Å². The van der Waals surface area contributed by atoms with Gasteiger partial charge in [-0.25, -0.2) is 9.59 Å². The number of nitrogens with one attached hydrogen (secondary N) is 2. The molecular weight excluding hydrogens is 324 g/mol. The molecule has 0 fully saturated rings. The molecule has 1 atom stereocenters. The fourth-order valence-corrected chi connectivity index (χ4v) is 2.62. The molecule has 0 saturated carbocycles. The molecule has 7 heteroatoms. The Bertz CT molecular complexity index is 657. The van der Waals surface area contributed by atoms with Gasteiger partial charge in [0.1, 0.15) is 12.4 Å². The van der Waals surface area contributed by atoms with E-state index in [1.54, 1.807) is 13.0 Å². The molecule has 2 amide bonds. The first-order valence-corrected chi connectivity index (χ1v) is 8.33. The maximum absolute atomic E-state index is 12.6. The van der Waals surface area contributed by atoms with Crippen molar-refractivity contribution in [1.82, 2.24) is 10.6 Å². The highest BCUT2D eigenvalue weighted by molar-refractivity contribution is 5.95. The molecule has 1 heterocycles. The molecule has 7 nitrogen and oxygen atoms in total. The first-order chi connectivity index (χ1) is 12.1. The minimum atomic E-state index is -0.643. The molecule has 1 aromatic rings. The van der Waals surface area contributed by atoms with Crippen molar-refractivity contribution in [2.45, 2.75) is 26.8 Å². The van der Waals surface area contributed by atoms with Gasteiger partial charge in [0.05, 0.1) is 24.8 Å². The van der Waals surface area contributed by atoms with Gasteiger partial charge in [-0.05, 0) is 26.8 Å². The molecule has 2 rings (SSSR count). The van der Waals surface area contributed by atoms with Gasteiger partial charge in [0.15, 0.2) is 0 Å². The summed E-state index contributed by atoms with van der Waals surface area (Å²) in [5, 5.41) is 5.39. The Morgan fingerprint density at radius 2 is 1.92 bits per heavy atom. The summed E-state index contributed by atoms with van der Waals surface area (Å²) in [5.74, 6) is 0.116. The summed E-state index contributed by atoms with van der Waals surface area (Å²) in [6.45, 7) is 6.94. The molecule has 25 heavy (non-hydrogen) atoms. The lowest BCUT2D eigenvalue weighted by atomic mass is 9.95. The van der Waals surface area contributed by atoms with E-state index in [2.05, 4.69) is 10.6 Å². The van der Waals surface area contributed by atoms with Gasteiger partial charge < -0.3 is 24.8 Å². The zero-order chi connectivity index (χ0) is 18.2. The third-order valence-electron chi connectivity index (χ3n) is 3.68. The van der Waals surface area contributed by atoms with E-state index in [4.69, 9.17) is 14.2 Å². The van der Waals surface area contributed by atoms with Gasteiger partial charge in [0, 0.05) is 17.9 Å². The summed E-state index contributed by atoms with van der Waals surface area (Å²) in [6, 6.07) is 6.28. The number of ether oxygens (including phenoxy) is 3. The minimum absolute atomic E-state index is 0.150. The number of carbonyl (C=O) groups excluding carboxylic acids is 2. The summed E-state index contributed by atoms with van der Waals surface area (Å²) >= 11 is 0. The first-order valence-electron chi connectivity index (χ1n) is 8.33. The SMILES string of the molecule is CCOCCOC(=O)C1=C(C)NC(=O)N[C@H]1c1ccccc1OCC. The van der Waals surface area contributed by atoms with Crippen molar-refractivity contribution in [2.75, 3.05) is 26.4 Å². The maximum atomic E-state index is 12.6. The molecule has 0 spiro atoms. The number of esters is 1. The van der Waals surface area contributed by atoms with Crippen LogP contribution in [0.4, 0.5) is 4.79 Å². The number of amides is 2. The lowest BCUT2D eigenvalue weighted by Crippen LogP contribution is -2.45. The highest BCUT2D eigenvalue weighted by atomic mass is 16.6. The van der Waals surface area contributed by atoms with Gasteiger partial charge >= 0.3 is 12.0 Å². The number of benzene rings is 1. The highest BCUT2D eigenvalue weighted by Crippen LogP contribution is 2.33. The summed E-state index contributed by atoms with van der Waals surface area (Å²) in [4.78, 5) is 24.5. The number of urea groups is 1. The third kappa shape index (κ3) is 4.73. The van der Waals surface area contributed by atoms with Gasteiger partial charge in [-0.15, -0.1) is 0 Å². The first kappa shape index (κ1) is 18.8. The van der Waals surface area contributed by atoms with Crippen molar-refractivity contribution < 1.29 is 23.8 Å². The number of hydrogen-bond donors (Lipinski definition) is 2. The average Bonchev–Trinajstić information content (AvgIpc) is 2.58. The Balaban J connectivity index is 2.29. The summed E-state index contributed by atoms with van der Waals surface area (Å²) in [7, 11) is 0. The zero-order valence-corrected chi connectivity index (χ0v) is 14.8. The van der Waals surface area contributed by atoms with Crippen LogP contribution in [0.3, 0.4) is 0 Å². The number of para-hydroxylation sites is 1. The molecule has 0 radical (unpaired) electrons. The summed E-state index contributed by atoms with van der Waals surface area (Å²) < 4.78 is 16.1. The van der Waals surface area contributed by atoms with E-state index >= 15 is 0 Å². The fraction of sp³-hybridized carbons (Fsp3) is 0.444. The summed E-state index contributed by atoms with van der Waals surface area (Å²) in [6.07, 6.45) is 0. The molecule has 2 N–H and O–H groups in total. The van der Waals surface area contributed by atoms with E-state index in [0.29, 0.717) is 42.4 Å². The van der Waals surface area contributed by atoms with Crippen LogP contribution in [0.2, 0.25) is 0 Å². The third-order valence-corrected chi connectivity index (χ3v) is 3.68. The van der Waals surface area contributed by atoms with Crippen molar-refractivity contribution in [2.24, 2.45) is 0 Å². The van der Waals surface area contributed by atoms with E-state index in [1.807, 2.05) is 32.0 Å². The Morgan fingerprint density at radius 3 is 2.64 bits per heavy atom. The van der Waals surface area contributed by atoms with Crippen LogP contribution in [-0.2, 0) is 14.3 Å². The predicted octanol–water partition coefficient (Wildman–Crippen LogP) is 2.29. The van der Waals surface area contributed by atoms with Crippen molar-refractivity contribution in [3.63, 3.8) is 0 Å². The largest absolute Gasteiger partial charge is 0.494 e. The van der Waals surface area contributed by atoms with E-state index in [9.17, 15) is 9.59 Å². The number of hydrogen-bond acceptors (Lipinski definition) is 5. The smallest absolute Gasteiger partial charge is 0.338 e. The topological polar surface area (TPSA) is 85.9 Å². The second-order valence-electron chi connectivity index (χ2n) is 5.37. The quantitative estimate of drug-likeness (QED) is 0.556. The van der Waals surface area contributed by atoms with Crippen LogP contribution in [0.1, 0.15) is 32.4 Å². The van der Waals surface area contributed by atoms with Crippen molar-refractivity contribution in [1.29, 1.82) is 0 Å². The summed E-state index contributed by atoms with van der Waals surface area (Å²) in [5.41, 5.74) is 1.51. The van der Waals surface area contributed by atoms with E-state index < -0.39 is 12.0 Å². The molecule has 136 valence electrons. The molecule has 1 aromatic carbocycles. The zero-order valence-electron chi connectivity index (χ0n) is 14.8. The lowest BCUT2D eigenvalue weighted by Gasteiger charge is -2.29. The van der Waals surface area contributed by atoms with Crippen LogP contribution in [0.25, 0.3) is 0 Å². The van der Waals surface area contributed by atoms with Crippen LogP contribution in [0.15, 0.2) is 35.5 Å². The van der Waals surface area contributed by atoms with Crippen LogP contribution < -0.4 is 15.4 Å². The lowest BCUT2D eigenvalue weighted by molar-refractivity contribution is -0.141. The standard InChI is InChI=1S/C18H24N2O5/c1-4-23-10-11-25-17(21)15-12(3)19-18(22)20-16(15)13-8-6-7-9-14(13)24-5-2/h6-9,16H,4-5,10-11H2,1-3H3,(H2,19,20,22)/t16-/m0/s1. The molecule has 0 aromatic heterocycles. The number of allylic oxidation sites excluding steroid dienone is 1.